The lowest BCUT2D eigenvalue weighted by Gasteiger charge is -2.37. The molecule has 0 saturated heterocycles. The second kappa shape index (κ2) is 11.5. The molecule has 180 valence electrons. The summed E-state index contributed by atoms with van der Waals surface area (Å²) < 4.78 is 0. The van der Waals surface area contributed by atoms with Crippen molar-refractivity contribution in [1.82, 2.24) is 5.32 Å². The molecule has 4 nitrogen and oxygen atoms in total. The summed E-state index contributed by atoms with van der Waals surface area (Å²) in [5.74, 6) is -0.602. The minimum atomic E-state index is -0.881. The fourth-order valence-corrected chi connectivity index (χ4v) is 4.31. The Bertz CT molecular complexity index is 939. The molecule has 3 N–H and O–H groups in total. The third-order valence-electron chi connectivity index (χ3n) is 6.22. The van der Waals surface area contributed by atoms with Gasteiger partial charge in [-0.25, -0.2) is 0 Å². The molecule has 0 aliphatic carbocycles. The smallest absolute Gasteiger partial charge is 0.226 e. The molecule has 0 radical (unpaired) electrons. The molecular formula is C27H35Cl2NO3. The van der Waals surface area contributed by atoms with Gasteiger partial charge in [0.25, 0.3) is 0 Å². The van der Waals surface area contributed by atoms with E-state index in [0.29, 0.717) is 28.5 Å². The van der Waals surface area contributed by atoms with Crippen molar-refractivity contribution in [2.45, 2.75) is 58.6 Å². The highest BCUT2D eigenvalue weighted by Crippen LogP contribution is 2.43. The van der Waals surface area contributed by atoms with Crippen molar-refractivity contribution in [2.24, 2.45) is 10.8 Å². The van der Waals surface area contributed by atoms with Gasteiger partial charge in [-0.2, -0.15) is 0 Å². The first-order valence-electron chi connectivity index (χ1n) is 11.1. The number of nitrogens with one attached hydrogen (secondary N) is 1. The lowest BCUT2D eigenvalue weighted by atomic mass is 9.72. The predicted octanol–water partition coefficient (Wildman–Crippen LogP) is 6.31. The Hall–Kier alpha value is -1.85. The molecule has 1 amide bonds. The molecule has 0 aliphatic rings. The van der Waals surface area contributed by atoms with Crippen molar-refractivity contribution < 1.29 is 15.0 Å². The molecule has 0 bridgehead atoms. The average Bonchev–Trinajstić information content (AvgIpc) is 2.75. The van der Waals surface area contributed by atoms with Crippen LogP contribution < -0.4 is 5.32 Å². The molecule has 0 aliphatic heterocycles. The molecule has 0 heterocycles. The van der Waals surface area contributed by atoms with Crippen LogP contribution >= 0.6 is 23.2 Å². The van der Waals surface area contributed by atoms with Crippen LogP contribution in [0.5, 0.6) is 0 Å². The SMILES string of the molecule is C=CCC(C)(C[C@H](c1cccc(Cl)c1)[C@@H](O)c1ccc(Cl)cc1)C(=O)NC(CO)C(C)(C)C. The first kappa shape index (κ1) is 27.4. The van der Waals surface area contributed by atoms with Gasteiger partial charge < -0.3 is 15.5 Å². The van der Waals surface area contributed by atoms with Gasteiger partial charge in [-0.05, 0) is 53.6 Å². The average molecular weight is 492 g/mol. The van der Waals surface area contributed by atoms with Gasteiger partial charge in [0.15, 0.2) is 0 Å². The van der Waals surface area contributed by atoms with Crippen molar-refractivity contribution in [3.8, 4) is 0 Å². The lowest BCUT2D eigenvalue weighted by Crippen LogP contribution is -2.51. The Morgan fingerprint density at radius 3 is 2.21 bits per heavy atom. The van der Waals surface area contributed by atoms with Crippen molar-refractivity contribution in [3.63, 3.8) is 0 Å². The van der Waals surface area contributed by atoms with Crippen molar-refractivity contribution >= 4 is 29.1 Å². The first-order chi connectivity index (χ1) is 15.4. The minimum absolute atomic E-state index is 0.162. The molecule has 0 spiro atoms. The second-order valence-electron chi connectivity index (χ2n) is 9.99. The Balaban J connectivity index is 2.46. The van der Waals surface area contributed by atoms with E-state index in [0.717, 1.165) is 5.56 Å². The number of carbonyl (C=O) groups excluding carboxylic acids is 1. The molecule has 0 aromatic heterocycles. The summed E-state index contributed by atoms with van der Waals surface area (Å²) in [5, 5.41) is 25.4. The Labute approximate surface area is 207 Å². The van der Waals surface area contributed by atoms with E-state index in [1.54, 1.807) is 36.4 Å². The molecule has 2 aromatic rings. The maximum Gasteiger partial charge on any atom is 0.226 e. The molecular weight excluding hydrogens is 457 g/mol. The van der Waals surface area contributed by atoms with Crippen molar-refractivity contribution in [1.29, 1.82) is 0 Å². The zero-order chi connectivity index (χ0) is 24.8. The quantitative estimate of drug-likeness (QED) is 0.341. The number of allylic oxidation sites excluding steroid dienone is 1. The summed E-state index contributed by atoms with van der Waals surface area (Å²) in [5.41, 5.74) is 0.353. The highest BCUT2D eigenvalue weighted by atomic mass is 35.5. The van der Waals surface area contributed by atoms with Crippen LogP contribution in [0.3, 0.4) is 0 Å². The minimum Gasteiger partial charge on any atom is -0.394 e. The van der Waals surface area contributed by atoms with Gasteiger partial charge >= 0.3 is 0 Å². The van der Waals surface area contributed by atoms with Gasteiger partial charge in [0.1, 0.15) is 0 Å². The zero-order valence-electron chi connectivity index (χ0n) is 19.8. The Morgan fingerprint density at radius 1 is 1.06 bits per heavy atom. The van der Waals surface area contributed by atoms with Crippen LogP contribution in [0.25, 0.3) is 0 Å². The number of hydrogen-bond donors (Lipinski definition) is 3. The molecule has 0 fully saturated rings. The first-order valence-corrected chi connectivity index (χ1v) is 11.9. The van der Waals surface area contributed by atoms with Crippen LogP contribution in [0.1, 0.15) is 63.7 Å². The van der Waals surface area contributed by atoms with Crippen LogP contribution in [0, 0.1) is 10.8 Å². The van der Waals surface area contributed by atoms with Gasteiger partial charge in [0.2, 0.25) is 5.91 Å². The largest absolute Gasteiger partial charge is 0.394 e. The zero-order valence-corrected chi connectivity index (χ0v) is 21.3. The molecule has 0 saturated carbocycles. The molecule has 33 heavy (non-hydrogen) atoms. The van der Waals surface area contributed by atoms with Gasteiger partial charge in [-0.15, -0.1) is 6.58 Å². The number of hydrogen-bond acceptors (Lipinski definition) is 3. The molecule has 4 atom stereocenters. The van der Waals surface area contributed by atoms with Crippen molar-refractivity contribution in [2.75, 3.05) is 6.61 Å². The number of carbonyl (C=O) groups is 1. The van der Waals surface area contributed by atoms with E-state index in [-0.39, 0.29) is 17.9 Å². The normalized spacial score (nSPS) is 16.4. The fourth-order valence-electron chi connectivity index (χ4n) is 3.98. The van der Waals surface area contributed by atoms with Crippen LogP contribution in [-0.2, 0) is 4.79 Å². The maximum atomic E-state index is 13.5. The van der Waals surface area contributed by atoms with E-state index in [1.807, 2.05) is 45.9 Å². The van der Waals surface area contributed by atoms with Crippen LogP contribution in [0.2, 0.25) is 10.0 Å². The second-order valence-corrected chi connectivity index (χ2v) is 10.9. The number of amides is 1. The summed E-state index contributed by atoms with van der Waals surface area (Å²) in [6.07, 6.45) is 1.59. The fraction of sp³-hybridized carbons (Fsp3) is 0.444. The van der Waals surface area contributed by atoms with Gasteiger partial charge in [0, 0.05) is 16.0 Å². The molecule has 2 aromatic carbocycles. The highest BCUT2D eigenvalue weighted by Gasteiger charge is 2.40. The monoisotopic (exact) mass is 491 g/mol. The lowest BCUT2D eigenvalue weighted by molar-refractivity contribution is -0.133. The number of aliphatic hydroxyl groups excluding tert-OH is 2. The summed E-state index contributed by atoms with van der Waals surface area (Å²) in [6, 6.07) is 14.0. The number of halogens is 2. The number of aliphatic hydroxyl groups is 2. The topological polar surface area (TPSA) is 69.6 Å². The van der Waals surface area contributed by atoms with E-state index in [2.05, 4.69) is 11.9 Å². The Kier molecular flexibility index (Phi) is 9.57. The van der Waals surface area contributed by atoms with Crippen LogP contribution in [-0.4, -0.2) is 28.8 Å². The van der Waals surface area contributed by atoms with Gasteiger partial charge in [-0.1, -0.05) is 81.2 Å². The number of rotatable bonds is 10. The third-order valence-corrected chi connectivity index (χ3v) is 6.70. The molecule has 2 rings (SSSR count). The summed E-state index contributed by atoms with van der Waals surface area (Å²) in [7, 11) is 0. The van der Waals surface area contributed by atoms with Crippen LogP contribution in [0.4, 0.5) is 0 Å². The highest BCUT2D eigenvalue weighted by molar-refractivity contribution is 6.30. The van der Waals surface area contributed by atoms with E-state index >= 15 is 0 Å². The van der Waals surface area contributed by atoms with Gasteiger partial charge in [-0.3, -0.25) is 4.79 Å². The van der Waals surface area contributed by atoms with Crippen molar-refractivity contribution in [3.05, 3.63) is 82.4 Å². The van der Waals surface area contributed by atoms with E-state index in [9.17, 15) is 15.0 Å². The Morgan fingerprint density at radius 2 is 1.70 bits per heavy atom. The number of benzene rings is 2. The van der Waals surface area contributed by atoms with E-state index in [4.69, 9.17) is 23.2 Å². The maximum absolute atomic E-state index is 13.5. The van der Waals surface area contributed by atoms with E-state index < -0.39 is 23.5 Å². The van der Waals surface area contributed by atoms with E-state index in [1.165, 1.54) is 0 Å². The molecule has 2 unspecified atom stereocenters. The van der Waals surface area contributed by atoms with Crippen LogP contribution in [0.15, 0.2) is 61.2 Å². The third kappa shape index (κ3) is 7.31. The molecule has 6 heteroatoms. The summed E-state index contributed by atoms with van der Waals surface area (Å²) in [6.45, 7) is 11.5. The summed E-state index contributed by atoms with van der Waals surface area (Å²) in [4.78, 5) is 13.5. The van der Waals surface area contributed by atoms with Gasteiger partial charge in [0.05, 0.1) is 24.2 Å². The summed E-state index contributed by atoms with van der Waals surface area (Å²) >= 11 is 12.3. The predicted molar refractivity (Wildman–Crippen MR) is 137 cm³/mol. The standard InChI is InChI=1S/C27H35Cl2NO3/c1-6-14-27(5,25(33)30-23(17-31)26(2,3)4)16-22(19-8-7-9-21(29)15-19)24(32)18-10-12-20(28)13-11-18/h6-13,15,22-24,31-32H,1,14,16-17H2,2-5H3,(H,30,33)/t22-,23?,24+,27?/m1/s1.